The molecular weight excluding hydrogens is 663 g/mol. The van der Waals surface area contributed by atoms with Crippen molar-refractivity contribution in [1.82, 2.24) is 9.97 Å². The maximum Gasteiger partial charge on any atom is 0.158 e. The van der Waals surface area contributed by atoms with Gasteiger partial charge >= 0.3 is 0 Å². The smallest absolute Gasteiger partial charge is 0.158 e. The third-order valence-electron chi connectivity index (χ3n) is 7.54. The number of para-hydroxylation sites is 1. The van der Waals surface area contributed by atoms with Gasteiger partial charge in [0.2, 0.25) is 0 Å². The second-order valence-electron chi connectivity index (χ2n) is 10.6. The predicted molar refractivity (Wildman–Crippen MR) is 151 cm³/mol. The number of rotatable bonds is 3. The average Bonchev–Trinajstić information content (AvgIpc) is 2.93. The van der Waals surface area contributed by atoms with Gasteiger partial charge in [0.1, 0.15) is 17.4 Å². The van der Waals surface area contributed by atoms with Crippen LogP contribution in [0.4, 0.5) is 17.2 Å². The SMILES string of the molecule is CC(C)c1ccnc(N2c3[c-]c(-c4ccc5ccc(C#N)c(O)c5n4)ccc3C(C)(C)c3ccccc32)c1.[Pt]. The zero-order chi connectivity index (χ0) is 26.6. The molecular formula is C33H27N4OPt-. The monoisotopic (exact) mass is 690 g/mol. The van der Waals surface area contributed by atoms with Crippen LogP contribution in [0.5, 0.6) is 5.75 Å². The summed E-state index contributed by atoms with van der Waals surface area (Å²) in [6.45, 7) is 8.85. The number of nitriles is 1. The molecule has 1 N–H and O–H groups in total. The zero-order valence-corrected chi connectivity index (χ0v) is 24.4. The first-order chi connectivity index (χ1) is 18.3. The fourth-order valence-electron chi connectivity index (χ4n) is 5.34. The maximum atomic E-state index is 10.6. The first-order valence-corrected chi connectivity index (χ1v) is 12.7. The average molecular weight is 691 g/mol. The van der Waals surface area contributed by atoms with Crippen molar-refractivity contribution in [3.05, 3.63) is 107 Å². The van der Waals surface area contributed by atoms with Crippen LogP contribution in [0.15, 0.2) is 79.0 Å². The van der Waals surface area contributed by atoms with Gasteiger partial charge in [-0.1, -0.05) is 69.7 Å². The van der Waals surface area contributed by atoms with E-state index in [1.807, 2.05) is 30.5 Å². The molecule has 5 nitrogen and oxygen atoms in total. The predicted octanol–water partition coefficient (Wildman–Crippen LogP) is 7.90. The number of benzene rings is 3. The standard InChI is InChI=1S/C33H27N4O.Pt/c1-20(2)22-15-16-35-30(18-22)37-28-8-6-5-7-25(28)33(3,4)26-13-11-23(17-29(26)37)27-14-12-21-9-10-24(19-34)32(38)31(21)36-27;/h5-16,18,20,38H,1-4H3;/q-1;. The molecule has 0 saturated carbocycles. The fraction of sp³-hybridized carbons (Fsp3) is 0.182. The Morgan fingerprint density at radius 1 is 0.974 bits per heavy atom. The van der Waals surface area contributed by atoms with Crippen LogP contribution in [-0.4, -0.2) is 15.1 Å². The van der Waals surface area contributed by atoms with Gasteiger partial charge in [-0.05, 0) is 58.1 Å². The Morgan fingerprint density at radius 2 is 1.74 bits per heavy atom. The summed E-state index contributed by atoms with van der Waals surface area (Å²) in [5.41, 5.74) is 7.43. The number of hydrogen-bond donors (Lipinski definition) is 1. The van der Waals surface area contributed by atoms with Crippen LogP contribution in [0.2, 0.25) is 0 Å². The normalized spacial score (nSPS) is 13.4. The van der Waals surface area contributed by atoms with E-state index >= 15 is 0 Å². The van der Waals surface area contributed by atoms with Crippen molar-refractivity contribution in [3.8, 4) is 23.1 Å². The van der Waals surface area contributed by atoms with Crippen molar-refractivity contribution in [3.63, 3.8) is 0 Å². The van der Waals surface area contributed by atoms with E-state index in [0.29, 0.717) is 17.1 Å². The van der Waals surface area contributed by atoms with Crippen molar-refractivity contribution in [1.29, 1.82) is 5.26 Å². The molecule has 1 aliphatic heterocycles. The fourth-order valence-corrected chi connectivity index (χ4v) is 5.34. The second kappa shape index (κ2) is 9.95. The molecule has 0 spiro atoms. The van der Waals surface area contributed by atoms with Crippen LogP contribution in [-0.2, 0) is 26.5 Å². The minimum absolute atomic E-state index is 0. The third-order valence-corrected chi connectivity index (χ3v) is 7.54. The summed E-state index contributed by atoms with van der Waals surface area (Å²) in [6, 6.07) is 29.8. The van der Waals surface area contributed by atoms with Crippen molar-refractivity contribution in [2.24, 2.45) is 0 Å². The maximum absolute atomic E-state index is 10.6. The Balaban J connectivity index is 0.00000308. The summed E-state index contributed by atoms with van der Waals surface area (Å²) >= 11 is 0. The minimum Gasteiger partial charge on any atom is -0.504 e. The molecule has 0 unspecified atom stereocenters. The van der Waals surface area contributed by atoms with Crippen LogP contribution in [0.3, 0.4) is 0 Å². The molecule has 6 rings (SSSR count). The van der Waals surface area contributed by atoms with Crippen molar-refractivity contribution < 1.29 is 26.2 Å². The van der Waals surface area contributed by atoms with Crippen molar-refractivity contribution in [2.75, 3.05) is 4.90 Å². The number of aromatic nitrogens is 2. The van der Waals surface area contributed by atoms with E-state index < -0.39 is 0 Å². The number of fused-ring (bicyclic) bond motifs is 3. The number of aromatic hydroxyl groups is 1. The molecule has 0 fully saturated rings. The molecule has 196 valence electrons. The number of phenolic OH excluding ortho intramolecular Hbond substituents is 1. The van der Waals surface area contributed by atoms with E-state index in [0.717, 1.165) is 33.7 Å². The van der Waals surface area contributed by atoms with Gasteiger partial charge in [0.25, 0.3) is 0 Å². The summed E-state index contributed by atoms with van der Waals surface area (Å²) in [5.74, 6) is 1.11. The number of nitrogens with zero attached hydrogens (tertiary/aromatic N) is 4. The molecule has 0 bridgehead atoms. The summed E-state index contributed by atoms with van der Waals surface area (Å²) in [6.07, 6.45) is 1.87. The van der Waals surface area contributed by atoms with E-state index in [9.17, 15) is 10.4 Å². The molecule has 1 aliphatic rings. The minimum atomic E-state index is -0.246. The first-order valence-electron chi connectivity index (χ1n) is 12.7. The quantitative estimate of drug-likeness (QED) is 0.195. The van der Waals surface area contributed by atoms with Gasteiger partial charge in [-0.15, -0.1) is 23.8 Å². The molecule has 0 saturated heterocycles. The van der Waals surface area contributed by atoms with Gasteiger partial charge in [-0.2, -0.15) is 5.26 Å². The number of anilines is 3. The Hall–Kier alpha value is -4.00. The van der Waals surface area contributed by atoms with Gasteiger partial charge in [0.15, 0.2) is 5.75 Å². The van der Waals surface area contributed by atoms with E-state index in [2.05, 4.69) is 81.1 Å². The Kier molecular flexibility index (Phi) is 6.79. The van der Waals surface area contributed by atoms with Gasteiger partial charge in [0, 0.05) is 38.3 Å². The molecule has 39 heavy (non-hydrogen) atoms. The topological polar surface area (TPSA) is 73.0 Å². The molecule has 2 aromatic heterocycles. The largest absolute Gasteiger partial charge is 0.504 e. The molecule has 6 heteroatoms. The Labute approximate surface area is 243 Å². The molecule has 0 atom stereocenters. The van der Waals surface area contributed by atoms with Crippen LogP contribution < -0.4 is 4.90 Å². The molecule has 3 heterocycles. The number of phenols is 1. The molecule has 0 amide bonds. The van der Waals surface area contributed by atoms with E-state index in [1.165, 1.54) is 11.1 Å². The summed E-state index contributed by atoms with van der Waals surface area (Å²) in [4.78, 5) is 11.7. The number of hydrogen-bond acceptors (Lipinski definition) is 5. The van der Waals surface area contributed by atoms with Crippen LogP contribution in [0, 0.1) is 17.4 Å². The van der Waals surface area contributed by atoms with E-state index in [-0.39, 0.29) is 37.8 Å². The molecule has 3 aromatic carbocycles. The first kappa shape index (κ1) is 26.6. The van der Waals surface area contributed by atoms with Gasteiger partial charge in [-0.25, -0.2) is 4.98 Å². The summed E-state index contributed by atoms with van der Waals surface area (Å²) < 4.78 is 0. The molecule has 0 aliphatic carbocycles. The molecule has 5 aromatic rings. The Morgan fingerprint density at radius 3 is 2.51 bits per heavy atom. The third kappa shape index (κ3) is 4.30. The van der Waals surface area contributed by atoms with Gasteiger partial charge in [0.05, 0.1) is 5.56 Å². The zero-order valence-electron chi connectivity index (χ0n) is 22.1. The van der Waals surface area contributed by atoms with Crippen LogP contribution in [0.1, 0.15) is 55.9 Å². The van der Waals surface area contributed by atoms with Gasteiger partial charge < -0.3 is 10.0 Å². The second-order valence-corrected chi connectivity index (χ2v) is 10.6. The summed E-state index contributed by atoms with van der Waals surface area (Å²) in [5, 5.41) is 20.8. The van der Waals surface area contributed by atoms with Gasteiger partial charge in [-0.3, -0.25) is 4.98 Å². The number of pyridine rings is 2. The van der Waals surface area contributed by atoms with Crippen molar-refractivity contribution >= 4 is 28.1 Å². The summed E-state index contributed by atoms with van der Waals surface area (Å²) in [7, 11) is 0. The molecule has 0 radical (unpaired) electrons. The van der Waals surface area contributed by atoms with E-state index in [4.69, 9.17) is 9.97 Å². The van der Waals surface area contributed by atoms with E-state index in [1.54, 1.807) is 12.1 Å². The van der Waals surface area contributed by atoms with Crippen molar-refractivity contribution in [2.45, 2.75) is 39.0 Å². The van der Waals surface area contributed by atoms with Crippen LogP contribution >= 0.6 is 0 Å². The van der Waals surface area contributed by atoms with Crippen LogP contribution in [0.25, 0.3) is 22.2 Å². The Bertz CT molecular complexity index is 1770.